The summed E-state index contributed by atoms with van der Waals surface area (Å²) in [5, 5.41) is 20.9. The highest BCUT2D eigenvalue weighted by Gasteiger charge is 2.38. The minimum Gasteiger partial charge on any atom is -0.396 e. The van der Waals surface area contributed by atoms with Gasteiger partial charge in [-0.25, -0.2) is 4.58 Å². The van der Waals surface area contributed by atoms with Gasteiger partial charge in [0.1, 0.15) is 5.84 Å². The van der Waals surface area contributed by atoms with Gasteiger partial charge >= 0.3 is 5.91 Å². The third-order valence-electron chi connectivity index (χ3n) is 3.10. The molecule has 0 aromatic heterocycles. The van der Waals surface area contributed by atoms with E-state index in [2.05, 4.69) is 10.3 Å². The van der Waals surface area contributed by atoms with Crippen molar-refractivity contribution in [3.63, 3.8) is 0 Å². The molecule has 0 aliphatic carbocycles. The van der Waals surface area contributed by atoms with E-state index in [0.29, 0.717) is 13.0 Å². The molecule has 0 aromatic rings. The highest BCUT2D eigenvalue weighted by molar-refractivity contribution is 6.06. The molecule has 0 aromatic carbocycles. The molecule has 5 N–H and O–H groups in total. The Hall–Kier alpha value is -1.73. The van der Waals surface area contributed by atoms with Gasteiger partial charge in [-0.3, -0.25) is 10.1 Å². The number of aliphatic hydroxyl groups is 2. The first-order valence-electron chi connectivity index (χ1n) is 5.83. The number of rotatable bonds is 5. The molecule has 2 aliphatic heterocycles. The van der Waals surface area contributed by atoms with Crippen molar-refractivity contribution in [3.05, 3.63) is 11.8 Å². The van der Waals surface area contributed by atoms with Crippen molar-refractivity contribution in [1.82, 2.24) is 5.32 Å². The first-order chi connectivity index (χ1) is 8.65. The van der Waals surface area contributed by atoms with Crippen LogP contribution in [0.1, 0.15) is 6.42 Å². The summed E-state index contributed by atoms with van der Waals surface area (Å²) >= 11 is 0. The summed E-state index contributed by atoms with van der Waals surface area (Å²) in [6.45, 7) is 0.493. The third-order valence-corrected chi connectivity index (χ3v) is 3.10. The standard InChI is InChI=1S/C11H16N4O3/c12-9-3-8-10(11(18)14-9)13-6-15(8)2-1-7(4-16)5-17/h3,6-7,10,16-17H,1-2,4-5H2,(H2,12,14,18)/p+1. The van der Waals surface area contributed by atoms with Crippen LogP contribution in [-0.4, -0.2) is 58.7 Å². The lowest BCUT2D eigenvalue weighted by atomic mass is 10.1. The van der Waals surface area contributed by atoms with E-state index in [-0.39, 0.29) is 30.9 Å². The maximum atomic E-state index is 11.6. The van der Waals surface area contributed by atoms with E-state index in [1.807, 2.05) is 4.58 Å². The molecular formula is C11H17N4O3+. The number of aliphatic hydroxyl groups excluding tert-OH is 2. The van der Waals surface area contributed by atoms with Gasteiger partial charge in [0.05, 0.1) is 6.54 Å². The smallest absolute Gasteiger partial charge is 0.301 e. The molecule has 2 heterocycles. The second kappa shape index (κ2) is 5.28. The molecule has 0 bridgehead atoms. The van der Waals surface area contributed by atoms with E-state index in [4.69, 9.17) is 15.9 Å². The van der Waals surface area contributed by atoms with E-state index in [1.165, 1.54) is 0 Å². The zero-order valence-corrected chi connectivity index (χ0v) is 9.91. The van der Waals surface area contributed by atoms with Gasteiger partial charge in [-0.05, 0) is 6.42 Å². The van der Waals surface area contributed by atoms with Crippen LogP contribution in [0.5, 0.6) is 0 Å². The molecule has 98 valence electrons. The van der Waals surface area contributed by atoms with E-state index < -0.39 is 6.04 Å². The van der Waals surface area contributed by atoms with Crippen molar-refractivity contribution < 1.29 is 19.6 Å². The predicted octanol–water partition coefficient (Wildman–Crippen LogP) is -2.23. The first-order valence-corrected chi connectivity index (χ1v) is 5.83. The molecule has 18 heavy (non-hydrogen) atoms. The van der Waals surface area contributed by atoms with Gasteiger partial charge in [-0.1, -0.05) is 0 Å². The van der Waals surface area contributed by atoms with E-state index >= 15 is 0 Å². The molecule has 1 unspecified atom stereocenters. The summed E-state index contributed by atoms with van der Waals surface area (Å²) < 4.78 is 1.86. The number of nitrogens with one attached hydrogen (secondary N) is 1. The molecule has 1 atom stereocenters. The zero-order chi connectivity index (χ0) is 13.1. The van der Waals surface area contributed by atoms with Crippen LogP contribution in [0.2, 0.25) is 0 Å². The molecule has 1 amide bonds. The number of carbonyl (C=O) groups excluding carboxylic acids is 1. The quantitative estimate of drug-likeness (QED) is 0.414. The second-order valence-electron chi connectivity index (χ2n) is 4.39. The topological polar surface area (TPSA) is 111 Å². The first kappa shape index (κ1) is 12.7. The Balaban J connectivity index is 2.03. The van der Waals surface area contributed by atoms with Gasteiger partial charge in [0.15, 0.2) is 5.70 Å². The number of nitrogens with zero attached hydrogens (tertiary/aromatic N) is 2. The molecule has 2 rings (SSSR count). The summed E-state index contributed by atoms with van der Waals surface area (Å²) in [6, 6.07) is -0.459. The highest BCUT2D eigenvalue weighted by Crippen LogP contribution is 2.15. The number of amides is 1. The summed E-state index contributed by atoms with van der Waals surface area (Å²) in [4.78, 5) is 15.3. The van der Waals surface area contributed by atoms with Gasteiger partial charge < -0.3 is 15.9 Å². The predicted molar refractivity (Wildman–Crippen MR) is 65.1 cm³/mol. The van der Waals surface area contributed by atoms with Crippen LogP contribution in [0.4, 0.5) is 0 Å². The number of hydrogen-bond acceptors (Lipinski definition) is 5. The molecule has 0 radical (unpaired) electrons. The van der Waals surface area contributed by atoms with Crippen molar-refractivity contribution in [3.8, 4) is 0 Å². The molecule has 0 saturated carbocycles. The fourth-order valence-electron chi connectivity index (χ4n) is 1.99. The number of nitrogens with two attached hydrogens (primary N) is 1. The molecular weight excluding hydrogens is 236 g/mol. The van der Waals surface area contributed by atoms with Crippen molar-refractivity contribution in [1.29, 1.82) is 0 Å². The lowest BCUT2D eigenvalue weighted by molar-refractivity contribution is -0.470. The lowest BCUT2D eigenvalue weighted by Gasteiger charge is -2.13. The van der Waals surface area contributed by atoms with Crippen LogP contribution < -0.4 is 11.1 Å². The van der Waals surface area contributed by atoms with Crippen LogP contribution >= 0.6 is 0 Å². The zero-order valence-electron chi connectivity index (χ0n) is 9.91. The van der Waals surface area contributed by atoms with Crippen molar-refractivity contribution in [2.24, 2.45) is 16.6 Å². The Bertz CT molecular complexity index is 438. The minimum absolute atomic E-state index is 0.0528. The summed E-state index contributed by atoms with van der Waals surface area (Å²) in [7, 11) is 0. The number of hydrogen-bond donors (Lipinski definition) is 4. The van der Waals surface area contributed by atoms with Crippen LogP contribution in [0.3, 0.4) is 0 Å². The Morgan fingerprint density at radius 3 is 2.89 bits per heavy atom. The number of amidine groups is 1. The molecule has 0 fully saturated rings. The molecule has 7 nitrogen and oxygen atoms in total. The molecule has 0 spiro atoms. The molecule has 0 saturated heterocycles. The van der Waals surface area contributed by atoms with Crippen molar-refractivity contribution >= 4 is 18.1 Å². The van der Waals surface area contributed by atoms with Gasteiger partial charge in [-0.2, -0.15) is 4.99 Å². The average molecular weight is 253 g/mol. The summed E-state index contributed by atoms with van der Waals surface area (Å²) in [5.41, 5.74) is 6.32. The third kappa shape index (κ3) is 2.41. The van der Waals surface area contributed by atoms with Crippen molar-refractivity contribution in [2.75, 3.05) is 19.8 Å². The van der Waals surface area contributed by atoms with E-state index in [0.717, 1.165) is 5.70 Å². The molecule has 7 heteroatoms. The van der Waals surface area contributed by atoms with Crippen molar-refractivity contribution in [2.45, 2.75) is 12.5 Å². The van der Waals surface area contributed by atoms with Gasteiger partial charge in [0.25, 0.3) is 0 Å². The van der Waals surface area contributed by atoms with Crippen LogP contribution in [-0.2, 0) is 4.79 Å². The maximum absolute atomic E-state index is 11.6. The fourth-order valence-corrected chi connectivity index (χ4v) is 1.99. The second-order valence-corrected chi connectivity index (χ2v) is 4.39. The lowest BCUT2D eigenvalue weighted by Crippen LogP contribution is -2.37. The van der Waals surface area contributed by atoms with Crippen LogP contribution in [0.15, 0.2) is 16.8 Å². The van der Waals surface area contributed by atoms with Gasteiger partial charge in [0, 0.05) is 25.2 Å². The SMILES string of the molecule is NC1=NC(=O)C2NC=[N+](CCC(CO)CO)C2=C1. The van der Waals surface area contributed by atoms with E-state index in [9.17, 15) is 4.79 Å². The Kier molecular flexibility index (Phi) is 3.73. The monoisotopic (exact) mass is 253 g/mol. The largest absolute Gasteiger partial charge is 0.396 e. The maximum Gasteiger partial charge on any atom is 0.301 e. The fraction of sp³-hybridized carbons (Fsp3) is 0.545. The Labute approximate surface area is 104 Å². The minimum atomic E-state index is -0.459. The number of dihydropyridines is 1. The normalized spacial score (nSPS) is 22.3. The Morgan fingerprint density at radius 2 is 2.22 bits per heavy atom. The number of fused-ring (bicyclic) bond motifs is 1. The van der Waals surface area contributed by atoms with Gasteiger partial charge in [0.2, 0.25) is 12.4 Å². The van der Waals surface area contributed by atoms with E-state index in [1.54, 1.807) is 12.4 Å². The Morgan fingerprint density at radius 1 is 1.50 bits per heavy atom. The summed E-state index contributed by atoms with van der Waals surface area (Å²) in [6.07, 6.45) is 3.99. The van der Waals surface area contributed by atoms with Gasteiger partial charge in [-0.15, -0.1) is 0 Å². The molecule has 2 aliphatic rings. The number of carbonyl (C=O) groups is 1. The highest BCUT2D eigenvalue weighted by atomic mass is 16.3. The average Bonchev–Trinajstić information content (AvgIpc) is 2.74. The van der Waals surface area contributed by atoms with Crippen LogP contribution in [0, 0.1) is 5.92 Å². The van der Waals surface area contributed by atoms with Crippen LogP contribution in [0.25, 0.3) is 0 Å². The summed E-state index contributed by atoms with van der Waals surface area (Å²) in [5.74, 6) is -0.248. The number of aliphatic imine (C=N–C) groups is 1.